The zero-order valence-corrected chi connectivity index (χ0v) is 13.9. The summed E-state index contributed by atoms with van der Waals surface area (Å²) in [5.74, 6) is 0. The summed E-state index contributed by atoms with van der Waals surface area (Å²) in [6.07, 6.45) is 3.07. The second-order valence-corrected chi connectivity index (χ2v) is 13.1. The van der Waals surface area contributed by atoms with E-state index in [9.17, 15) is 0 Å². The first kappa shape index (κ1) is 14.3. The molecule has 0 aromatic rings. The molecule has 5 heteroatoms. The van der Waals surface area contributed by atoms with Gasteiger partial charge in [-0.3, -0.25) is 0 Å². The Morgan fingerprint density at radius 3 is 2.53 bits per heavy atom. The van der Waals surface area contributed by atoms with Crippen LogP contribution in [0.4, 0.5) is 0 Å². The number of rotatable bonds is 5. The number of hydrogen-bond acceptors (Lipinski definition) is 2. The van der Waals surface area contributed by atoms with E-state index in [0.717, 1.165) is 6.54 Å². The van der Waals surface area contributed by atoms with E-state index in [1.165, 1.54) is 37.0 Å². The van der Waals surface area contributed by atoms with Crippen LogP contribution in [-0.4, -0.2) is 31.4 Å². The van der Waals surface area contributed by atoms with Crippen molar-refractivity contribution in [2.45, 2.75) is 69.9 Å². The third-order valence-corrected chi connectivity index (χ3v) is 12.9. The van der Waals surface area contributed by atoms with Gasteiger partial charge in [0.15, 0.2) is 0 Å². The van der Waals surface area contributed by atoms with Crippen LogP contribution in [0.3, 0.4) is 0 Å². The van der Waals surface area contributed by atoms with Gasteiger partial charge in [0.2, 0.25) is 7.65 Å². The van der Waals surface area contributed by atoms with Crippen molar-refractivity contribution in [3.05, 3.63) is 0 Å². The Kier molecular flexibility index (Phi) is 4.93. The summed E-state index contributed by atoms with van der Waals surface area (Å²) in [5.41, 5.74) is 0. The number of hydrogen-bond donors (Lipinski definition) is 0. The largest absolute Gasteiger partial charge is 0.327 e. The summed E-state index contributed by atoms with van der Waals surface area (Å²) in [6.45, 7) is 8.30. The molecule has 100 valence electrons. The normalized spacial score (nSPS) is 34.2. The van der Waals surface area contributed by atoms with Gasteiger partial charge in [0.05, 0.1) is 14.2 Å². The average Bonchev–Trinajstić information content (AvgIpc) is 2.92. The van der Waals surface area contributed by atoms with Crippen molar-refractivity contribution in [2.24, 2.45) is 0 Å². The molecule has 17 heavy (non-hydrogen) atoms. The molecule has 0 N–H and O–H groups in total. The smallest absolute Gasteiger partial charge is 0.207 e. The van der Waals surface area contributed by atoms with Crippen LogP contribution in [0.25, 0.3) is 0 Å². The van der Waals surface area contributed by atoms with Crippen molar-refractivity contribution >= 4 is 27.0 Å². The molecule has 0 spiro atoms. The maximum atomic E-state index is 6.35. The molecule has 0 aromatic carbocycles. The fourth-order valence-corrected chi connectivity index (χ4v) is 9.32. The molecule has 2 nitrogen and oxygen atoms in total. The quantitative estimate of drug-likeness (QED) is 0.532. The maximum Gasteiger partial charge on any atom is 0.207 e. The van der Waals surface area contributed by atoms with Crippen molar-refractivity contribution in [3.8, 4) is 0 Å². The maximum absolute atomic E-state index is 6.35. The van der Waals surface area contributed by atoms with Crippen molar-refractivity contribution in [1.29, 1.82) is 0 Å². The Balaban J connectivity index is 2.03. The standard InChI is InChI=1S/C12H25ClNOPSi/c1-4-17(5-2,6-3)10-12-11-8-7-9-14(11)16(13)15-12/h11-12H,4-10H2,1-3H3/t11-,12+,16?/m0/s1. The Labute approximate surface area is 113 Å². The van der Waals surface area contributed by atoms with E-state index in [-0.39, 0.29) is 0 Å². The van der Waals surface area contributed by atoms with Crippen molar-refractivity contribution in [2.75, 3.05) is 6.54 Å². The van der Waals surface area contributed by atoms with Gasteiger partial charge in [-0.2, -0.15) is 0 Å². The Morgan fingerprint density at radius 2 is 1.94 bits per heavy atom. The summed E-state index contributed by atoms with van der Waals surface area (Å²) in [4.78, 5) is 0. The topological polar surface area (TPSA) is 12.5 Å². The van der Waals surface area contributed by atoms with Crippen LogP contribution in [0.2, 0.25) is 24.2 Å². The minimum atomic E-state index is -1.07. The van der Waals surface area contributed by atoms with Crippen LogP contribution in [0.5, 0.6) is 0 Å². The molecule has 0 bridgehead atoms. The highest BCUT2D eigenvalue weighted by molar-refractivity contribution is 7.78. The second-order valence-electron chi connectivity index (χ2n) is 5.51. The number of fused-ring (bicyclic) bond motifs is 1. The molecule has 0 aromatic heterocycles. The zero-order chi connectivity index (χ0) is 12.5. The first-order valence-corrected chi connectivity index (χ1v) is 12.0. The zero-order valence-electron chi connectivity index (χ0n) is 11.3. The fourth-order valence-electron chi connectivity index (χ4n) is 3.38. The van der Waals surface area contributed by atoms with Gasteiger partial charge in [-0.1, -0.05) is 38.9 Å². The van der Waals surface area contributed by atoms with Crippen LogP contribution >= 0.6 is 18.9 Å². The summed E-state index contributed by atoms with van der Waals surface area (Å²) < 4.78 is 8.51. The lowest BCUT2D eigenvalue weighted by Crippen LogP contribution is -2.40. The van der Waals surface area contributed by atoms with Crippen LogP contribution in [0.15, 0.2) is 0 Å². The lowest BCUT2D eigenvalue weighted by molar-refractivity contribution is 0.230. The number of halogens is 1. The van der Waals surface area contributed by atoms with Gasteiger partial charge in [0.25, 0.3) is 0 Å². The van der Waals surface area contributed by atoms with Gasteiger partial charge < -0.3 is 4.52 Å². The van der Waals surface area contributed by atoms with Crippen LogP contribution in [0.1, 0.15) is 33.6 Å². The minimum Gasteiger partial charge on any atom is -0.327 e. The van der Waals surface area contributed by atoms with E-state index in [2.05, 4.69) is 25.4 Å². The highest BCUT2D eigenvalue weighted by atomic mass is 35.7. The molecule has 2 heterocycles. The Hall–Kier alpha value is 0.857. The van der Waals surface area contributed by atoms with Gasteiger partial charge in [-0.15, -0.1) is 0 Å². The second kappa shape index (κ2) is 5.88. The SMILES string of the molecule is CC[Si](CC)(CC)C[C@H]1OP(Cl)N2CCC[C@@H]12. The summed E-state index contributed by atoms with van der Waals surface area (Å²) >= 11 is 6.35. The molecule has 0 saturated carbocycles. The summed E-state index contributed by atoms with van der Waals surface area (Å²) in [7, 11) is -1.86. The van der Waals surface area contributed by atoms with Gasteiger partial charge in [0, 0.05) is 12.6 Å². The van der Waals surface area contributed by atoms with Gasteiger partial charge in [0.1, 0.15) is 0 Å². The highest BCUT2D eigenvalue weighted by Gasteiger charge is 2.47. The minimum absolute atomic E-state index is 0.452. The van der Waals surface area contributed by atoms with E-state index in [4.69, 9.17) is 15.8 Å². The molecule has 0 amide bonds. The van der Waals surface area contributed by atoms with Gasteiger partial charge in [-0.05, 0) is 30.1 Å². The molecule has 0 radical (unpaired) electrons. The lowest BCUT2D eigenvalue weighted by Gasteiger charge is -2.32. The summed E-state index contributed by atoms with van der Waals surface area (Å²) in [5, 5.41) is 0. The van der Waals surface area contributed by atoms with E-state index < -0.39 is 15.7 Å². The molecule has 2 aliphatic heterocycles. The third kappa shape index (κ3) is 2.74. The summed E-state index contributed by atoms with van der Waals surface area (Å²) in [6, 6.07) is 6.17. The average molecular weight is 294 g/mol. The lowest BCUT2D eigenvalue weighted by atomic mass is 10.1. The van der Waals surface area contributed by atoms with E-state index in [0.29, 0.717) is 12.1 Å². The van der Waals surface area contributed by atoms with Crippen molar-refractivity contribution in [3.63, 3.8) is 0 Å². The van der Waals surface area contributed by atoms with E-state index >= 15 is 0 Å². The Bertz CT molecular complexity index is 257. The van der Waals surface area contributed by atoms with E-state index in [1.54, 1.807) is 0 Å². The molecule has 2 fully saturated rings. The molecule has 2 aliphatic rings. The molecule has 2 rings (SSSR count). The first-order valence-electron chi connectivity index (χ1n) is 7.05. The number of nitrogens with zero attached hydrogens (tertiary/aromatic N) is 1. The predicted octanol–water partition coefficient (Wildman–Crippen LogP) is 4.82. The van der Waals surface area contributed by atoms with Crippen molar-refractivity contribution in [1.82, 2.24) is 4.67 Å². The predicted molar refractivity (Wildman–Crippen MR) is 79.4 cm³/mol. The molecule has 3 atom stereocenters. The molecule has 1 unspecified atom stereocenters. The first-order chi connectivity index (χ1) is 8.15. The Morgan fingerprint density at radius 1 is 1.29 bits per heavy atom. The van der Waals surface area contributed by atoms with E-state index in [1.807, 2.05) is 0 Å². The van der Waals surface area contributed by atoms with Crippen LogP contribution in [0, 0.1) is 0 Å². The van der Waals surface area contributed by atoms with Crippen LogP contribution in [-0.2, 0) is 4.52 Å². The molecule has 0 aliphatic carbocycles. The van der Waals surface area contributed by atoms with Gasteiger partial charge >= 0.3 is 0 Å². The molecule has 2 saturated heterocycles. The highest BCUT2D eigenvalue weighted by Crippen LogP contribution is 2.59. The third-order valence-electron chi connectivity index (χ3n) is 5.01. The van der Waals surface area contributed by atoms with Gasteiger partial charge in [-0.25, -0.2) is 4.67 Å². The van der Waals surface area contributed by atoms with Crippen LogP contribution < -0.4 is 0 Å². The fraction of sp³-hybridized carbons (Fsp3) is 1.00. The molecular weight excluding hydrogens is 269 g/mol. The molecular formula is C12H25ClNOPSi. The van der Waals surface area contributed by atoms with Crippen molar-refractivity contribution < 1.29 is 4.52 Å². The monoisotopic (exact) mass is 293 g/mol.